The zero-order chi connectivity index (χ0) is 16.4. The molecule has 1 N–H and O–H groups in total. The minimum absolute atomic E-state index is 0.0139. The Morgan fingerprint density at radius 2 is 2.17 bits per heavy atom. The lowest BCUT2D eigenvalue weighted by atomic mass is 10.2. The maximum Gasteiger partial charge on any atom is 0.274 e. The van der Waals surface area contributed by atoms with Gasteiger partial charge in [-0.2, -0.15) is 5.10 Å². The average molecular weight is 316 g/mol. The molecule has 2 heterocycles. The molecule has 1 aliphatic rings. The third-order valence-corrected chi connectivity index (χ3v) is 3.79. The molecule has 2 amide bonds. The molecule has 1 aromatic heterocycles. The van der Waals surface area contributed by atoms with Gasteiger partial charge in [0.2, 0.25) is 5.91 Å². The highest BCUT2D eigenvalue weighted by molar-refractivity contribution is 5.95. The van der Waals surface area contributed by atoms with Crippen LogP contribution in [0, 0.1) is 12.7 Å². The highest BCUT2D eigenvalue weighted by Gasteiger charge is 2.28. The number of aromatic nitrogens is 2. The van der Waals surface area contributed by atoms with Gasteiger partial charge in [0, 0.05) is 25.3 Å². The smallest absolute Gasteiger partial charge is 0.274 e. The fourth-order valence-corrected chi connectivity index (χ4v) is 2.59. The first kappa shape index (κ1) is 15.2. The summed E-state index contributed by atoms with van der Waals surface area (Å²) in [6.45, 7) is 3.03. The number of nitrogens with zero attached hydrogens (tertiary/aromatic N) is 3. The van der Waals surface area contributed by atoms with Crippen LogP contribution in [0.15, 0.2) is 30.3 Å². The van der Waals surface area contributed by atoms with Crippen molar-refractivity contribution < 1.29 is 14.0 Å². The van der Waals surface area contributed by atoms with Gasteiger partial charge < -0.3 is 9.80 Å². The number of hydrogen-bond donors (Lipinski definition) is 1. The summed E-state index contributed by atoms with van der Waals surface area (Å²) in [5.41, 5.74) is 1.85. The van der Waals surface area contributed by atoms with Crippen molar-refractivity contribution in [2.24, 2.45) is 0 Å². The number of benzene rings is 1. The summed E-state index contributed by atoms with van der Waals surface area (Å²) in [7, 11) is 0. The van der Waals surface area contributed by atoms with Crippen molar-refractivity contribution in [2.45, 2.75) is 13.5 Å². The zero-order valence-electron chi connectivity index (χ0n) is 12.8. The predicted molar refractivity (Wildman–Crippen MR) is 81.0 cm³/mol. The van der Waals surface area contributed by atoms with Crippen molar-refractivity contribution in [1.29, 1.82) is 0 Å². The number of aryl methyl sites for hydroxylation is 1. The van der Waals surface area contributed by atoms with Crippen LogP contribution < -0.4 is 0 Å². The molecule has 0 saturated carbocycles. The number of aromatic amines is 1. The summed E-state index contributed by atoms with van der Waals surface area (Å²) in [5.74, 6) is -0.730. The van der Waals surface area contributed by atoms with Crippen LogP contribution in [0.1, 0.15) is 21.7 Å². The van der Waals surface area contributed by atoms with E-state index in [0.29, 0.717) is 25.3 Å². The summed E-state index contributed by atoms with van der Waals surface area (Å²) in [5, 5.41) is 6.65. The molecule has 23 heavy (non-hydrogen) atoms. The van der Waals surface area contributed by atoms with E-state index in [4.69, 9.17) is 0 Å². The summed E-state index contributed by atoms with van der Waals surface area (Å²) >= 11 is 0. The SMILES string of the molecule is Cc1cc(C(=O)N2CCN(Cc3cccc(F)c3)C(=O)C2)n[nH]1. The lowest BCUT2D eigenvalue weighted by molar-refractivity contribution is -0.135. The number of hydrogen-bond acceptors (Lipinski definition) is 3. The van der Waals surface area contributed by atoms with Crippen LogP contribution in [-0.2, 0) is 11.3 Å². The molecule has 120 valence electrons. The van der Waals surface area contributed by atoms with E-state index < -0.39 is 0 Å². The highest BCUT2D eigenvalue weighted by atomic mass is 19.1. The molecule has 0 bridgehead atoms. The van der Waals surface area contributed by atoms with Crippen LogP contribution in [0.5, 0.6) is 0 Å². The van der Waals surface area contributed by atoms with Gasteiger partial charge in [-0.15, -0.1) is 0 Å². The molecule has 1 aliphatic heterocycles. The Balaban J connectivity index is 1.63. The topological polar surface area (TPSA) is 69.3 Å². The van der Waals surface area contributed by atoms with E-state index in [1.54, 1.807) is 23.1 Å². The molecule has 0 aliphatic carbocycles. The first-order valence-electron chi connectivity index (χ1n) is 7.36. The minimum atomic E-state index is -0.322. The Morgan fingerprint density at radius 1 is 1.35 bits per heavy atom. The molecule has 6 nitrogen and oxygen atoms in total. The molecule has 2 aromatic rings. The second kappa shape index (κ2) is 6.20. The Kier molecular flexibility index (Phi) is 4.10. The molecule has 1 fully saturated rings. The number of H-pyrrole nitrogens is 1. The van der Waals surface area contributed by atoms with Crippen molar-refractivity contribution in [1.82, 2.24) is 20.0 Å². The second-order valence-corrected chi connectivity index (χ2v) is 5.61. The number of carbonyl (C=O) groups excluding carboxylic acids is 2. The van der Waals surface area contributed by atoms with Crippen LogP contribution in [0.25, 0.3) is 0 Å². The number of rotatable bonds is 3. The van der Waals surface area contributed by atoms with E-state index in [9.17, 15) is 14.0 Å². The van der Waals surface area contributed by atoms with E-state index in [2.05, 4.69) is 10.2 Å². The molecular formula is C16H17FN4O2. The molecule has 3 rings (SSSR count). The molecule has 0 spiro atoms. The van der Waals surface area contributed by atoms with E-state index in [-0.39, 0.29) is 24.2 Å². The van der Waals surface area contributed by atoms with Crippen molar-refractivity contribution in [3.05, 3.63) is 53.1 Å². The first-order chi connectivity index (χ1) is 11.0. The lowest BCUT2D eigenvalue weighted by Gasteiger charge is -2.34. The summed E-state index contributed by atoms with van der Waals surface area (Å²) in [6.07, 6.45) is 0. The van der Waals surface area contributed by atoms with E-state index in [1.165, 1.54) is 17.0 Å². The van der Waals surface area contributed by atoms with Crippen molar-refractivity contribution >= 4 is 11.8 Å². The predicted octanol–water partition coefficient (Wildman–Crippen LogP) is 1.34. The fraction of sp³-hybridized carbons (Fsp3) is 0.312. The van der Waals surface area contributed by atoms with Crippen LogP contribution in [-0.4, -0.2) is 51.4 Å². The number of nitrogens with one attached hydrogen (secondary N) is 1. The van der Waals surface area contributed by atoms with Crippen LogP contribution >= 0.6 is 0 Å². The van der Waals surface area contributed by atoms with Gasteiger partial charge in [-0.3, -0.25) is 14.7 Å². The van der Waals surface area contributed by atoms with E-state index in [0.717, 1.165) is 11.3 Å². The van der Waals surface area contributed by atoms with Crippen LogP contribution in [0.3, 0.4) is 0 Å². The Hall–Kier alpha value is -2.70. The quantitative estimate of drug-likeness (QED) is 0.929. The van der Waals surface area contributed by atoms with Crippen molar-refractivity contribution in [3.63, 3.8) is 0 Å². The molecule has 0 radical (unpaired) electrons. The number of halogens is 1. The van der Waals surface area contributed by atoms with Gasteiger partial charge in [0.05, 0.1) is 0 Å². The maximum absolute atomic E-state index is 13.2. The third kappa shape index (κ3) is 3.39. The van der Waals surface area contributed by atoms with Gasteiger partial charge in [-0.1, -0.05) is 12.1 Å². The zero-order valence-corrected chi connectivity index (χ0v) is 12.8. The fourth-order valence-electron chi connectivity index (χ4n) is 2.59. The second-order valence-electron chi connectivity index (χ2n) is 5.61. The molecule has 0 unspecified atom stereocenters. The van der Waals surface area contributed by atoms with Gasteiger partial charge >= 0.3 is 0 Å². The monoisotopic (exact) mass is 316 g/mol. The summed E-state index contributed by atoms with van der Waals surface area (Å²) in [4.78, 5) is 27.7. The molecule has 0 atom stereocenters. The number of carbonyl (C=O) groups is 2. The van der Waals surface area contributed by atoms with Gasteiger partial charge in [-0.25, -0.2) is 4.39 Å². The minimum Gasteiger partial charge on any atom is -0.335 e. The Bertz CT molecular complexity index is 743. The van der Waals surface area contributed by atoms with Gasteiger partial charge in [0.15, 0.2) is 0 Å². The first-order valence-corrected chi connectivity index (χ1v) is 7.36. The normalized spacial score (nSPS) is 15.1. The maximum atomic E-state index is 13.2. The van der Waals surface area contributed by atoms with Crippen molar-refractivity contribution in [2.75, 3.05) is 19.6 Å². The highest BCUT2D eigenvalue weighted by Crippen LogP contribution is 2.13. The Labute approximate surface area is 132 Å². The van der Waals surface area contributed by atoms with Crippen LogP contribution in [0.2, 0.25) is 0 Å². The van der Waals surface area contributed by atoms with Gasteiger partial charge in [-0.05, 0) is 30.7 Å². The number of piperazine rings is 1. The van der Waals surface area contributed by atoms with Crippen LogP contribution in [0.4, 0.5) is 4.39 Å². The lowest BCUT2D eigenvalue weighted by Crippen LogP contribution is -2.51. The molecule has 1 aromatic carbocycles. The third-order valence-electron chi connectivity index (χ3n) is 3.79. The van der Waals surface area contributed by atoms with Gasteiger partial charge in [0.25, 0.3) is 5.91 Å². The van der Waals surface area contributed by atoms with E-state index in [1.807, 2.05) is 6.92 Å². The molecule has 1 saturated heterocycles. The summed E-state index contributed by atoms with van der Waals surface area (Å²) in [6, 6.07) is 7.84. The number of amides is 2. The average Bonchev–Trinajstić information content (AvgIpc) is 2.95. The van der Waals surface area contributed by atoms with Crippen molar-refractivity contribution in [3.8, 4) is 0 Å². The standard InChI is InChI=1S/C16H17FN4O2/c1-11-7-14(19-18-11)16(23)21-6-5-20(15(22)10-21)9-12-3-2-4-13(17)8-12/h2-4,7-8H,5-6,9-10H2,1H3,(H,18,19). The summed E-state index contributed by atoms with van der Waals surface area (Å²) < 4.78 is 13.2. The van der Waals surface area contributed by atoms with Gasteiger partial charge in [0.1, 0.15) is 18.1 Å². The molecular weight excluding hydrogens is 299 g/mol. The Morgan fingerprint density at radius 3 is 2.83 bits per heavy atom. The molecule has 7 heteroatoms. The largest absolute Gasteiger partial charge is 0.335 e. The van der Waals surface area contributed by atoms with E-state index >= 15 is 0 Å².